The quantitative estimate of drug-likeness (QED) is 0.625. The van der Waals surface area contributed by atoms with Crippen molar-refractivity contribution >= 4 is 27.3 Å². The molecular formula is C12H19ClN2O2S. The molecule has 0 saturated heterocycles. The van der Waals surface area contributed by atoms with E-state index in [0.717, 1.165) is 12.8 Å². The summed E-state index contributed by atoms with van der Waals surface area (Å²) in [7, 11) is -3.57. The molecule has 0 unspecified atom stereocenters. The third kappa shape index (κ3) is 4.48. The first-order valence-corrected chi connectivity index (χ1v) is 7.73. The largest absolute Gasteiger partial charge is 0.398 e. The number of nitrogens with two attached hydrogens (primary N) is 1. The first kappa shape index (κ1) is 15.3. The van der Waals surface area contributed by atoms with Gasteiger partial charge in [0.05, 0.1) is 5.69 Å². The highest BCUT2D eigenvalue weighted by Gasteiger charge is 2.17. The van der Waals surface area contributed by atoms with Crippen LogP contribution in [-0.2, 0) is 10.0 Å². The third-order valence-electron chi connectivity index (χ3n) is 2.52. The van der Waals surface area contributed by atoms with Gasteiger partial charge in [-0.1, -0.05) is 25.4 Å². The lowest BCUT2D eigenvalue weighted by Gasteiger charge is -2.10. The summed E-state index contributed by atoms with van der Waals surface area (Å²) in [5.74, 6) is 0.561. The number of anilines is 1. The van der Waals surface area contributed by atoms with Crippen molar-refractivity contribution in [1.29, 1.82) is 0 Å². The van der Waals surface area contributed by atoms with Crippen molar-refractivity contribution in [3.63, 3.8) is 0 Å². The first-order valence-electron chi connectivity index (χ1n) is 5.87. The van der Waals surface area contributed by atoms with Crippen molar-refractivity contribution in [3.8, 4) is 0 Å². The molecule has 1 rings (SSSR count). The number of hydrogen-bond acceptors (Lipinski definition) is 3. The molecule has 18 heavy (non-hydrogen) atoms. The summed E-state index contributed by atoms with van der Waals surface area (Å²) in [4.78, 5) is 0.0412. The lowest BCUT2D eigenvalue weighted by atomic mass is 10.1. The van der Waals surface area contributed by atoms with Crippen molar-refractivity contribution in [3.05, 3.63) is 23.2 Å². The summed E-state index contributed by atoms with van der Waals surface area (Å²) in [6, 6.07) is 4.42. The predicted octanol–water partition coefficient (Wildman–Crippen LogP) is 2.64. The Morgan fingerprint density at radius 1 is 1.39 bits per heavy atom. The van der Waals surface area contributed by atoms with E-state index in [2.05, 4.69) is 18.6 Å². The molecule has 3 N–H and O–H groups in total. The van der Waals surface area contributed by atoms with E-state index in [1.54, 1.807) is 6.07 Å². The van der Waals surface area contributed by atoms with E-state index in [0.29, 0.717) is 17.5 Å². The average molecular weight is 291 g/mol. The van der Waals surface area contributed by atoms with E-state index in [-0.39, 0.29) is 10.6 Å². The van der Waals surface area contributed by atoms with Gasteiger partial charge in [-0.25, -0.2) is 13.1 Å². The number of hydrogen-bond donors (Lipinski definition) is 2. The zero-order valence-electron chi connectivity index (χ0n) is 10.6. The zero-order chi connectivity index (χ0) is 13.8. The second-order valence-corrected chi connectivity index (χ2v) is 6.79. The van der Waals surface area contributed by atoms with Crippen LogP contribution in [0.4, 0.5) is 5.69 Å². The minimum atomic E-state index is -3.57. The average Bonchev–Trinajstić information content (AvgIpc) is 2.27. The van der Waals surface area contributed by atoms with E-state index in [1.807, 2.05) is 0 Å². The number of benzene rings is 1. The topological polar surface area (TPSA) is 72.2 Å². The molecule has 102 valence electrons. The highest BCUT2D eigenvalue weighted by Crippen LogP contribution is 2.22. The van der Waals surface area contributed by atoms with E-state index < -0.39 is 10.0 Å². The molecule has 0 heterocycles. The molecule has 0 saturated carbocycles. The molecule has 1 aromatic rings. The molecule has 6 heteroatoms. The predicted molar refractivity (Wildman–Crippen MR) is 75.1 cm³/mol. The molecule has 0 fully saturated rings. The SMILES string of the molecule is CC(C)CCCNS(=O)(=O)c1cc(Cl)ccc1N. The fraction of sp³-hybridized carbons (Fsp3) is 0.500. The Hall–Kier alpha value is -0.780. The molecule has 0 aliphatic carbocycles. The number of nitrogen functional groups attached to an aromatic ring is 1. The Morgan fingerprint density at radius 2 is 2.06 bits per heavy atom. The first-order chi connectivity index (χ1) is 8.33. The van der Waals surface area contributed by atoms with Crippen LogP contribution in [0.3, 0.4) is 0 Å². The molecule has 0 aliphatic heterocycles. The van der Waals surface area contributed by atoms with Crippen LogP contribution in [0.1, 0.15) is 26.7 Å². The highest BCUT2D eigenvalue weighted by molar-refractivity contribution is 7.89. The van der Waals surface area contributed by atoms with Crippen LogP contribution >= 0.6 is 11.6 Å². The van der Waals surface area contributed by atoms with Gasteiger partial charge in [0.25, 0.3) is 0 Å². The van der Waals surface area contributed by atoms with Crippen molar-refractivity contribution in [2.75, 3.05) is 12.3 Å². The molecular weight excluding hydrogens is 272 g/mol. The Balaban J connectivity index is 2.71. The van der Waals surface area contributed by atoms with E-state index in [1.165, 1.54) is 12.1 Å². The normalized spacial score (nSPS) is 12.0. The van der Waals surface area contributed by atoms with Gasteiger partial charge in [0.15, 0.2) is 0 Å². The number of nitrogens with one attached hydrogen (secondary N) is 1. The molecule has 1 aromatic carbocycles. The van der Waals surface area contributed by atoms with Crippen molar-refractivity contribution in [2.45, 2.75) is 31.6 Å². The lowest BCUT2D eigenvalue weighted by molar-refractivity contribution is 0.540. The maximum absolute atomic E-state index is 12.0. The zero-order valence-corrected chi connectivity index (χ0v) is 12.2. The maximum Gasteiger partial charge on any atom is 0.242 e. The number of sulfonamides is 1. The van der Waals surface area contributed by atoms with Gasteiger partial charge >= 0.3 is 0 Å². The summed E-state index contributed by atoms with van der Waals surface area (Å²) in [5.41, 5.74) is 5.85. The van der Waals surface area contributed by atoms with Crippen molar-refractivity contribution < 1.29 is 8.42 Å². The summed E-state index contributed by atoms with van der Waals surface area (Å²) in [5, 5.41) is 0.353. The summed E-state index contributed by atoms with van der Waals surface area (Å²) >= 11 is 5.78. The molecule has 0 atom stereocenters. The Labute approximate surface area is 114 Å². The summed E-state index contributed by atoms with van der Waals surface area (Å²) < 4.78 is 26.5. The van der Waals surface area contributed by atoms with E-state index >= 15 is 0 Å². The molecule has 4 nitrogen and oxygen atoms in total. The van der Waals surface area contributed by atoms with Gasteiger partial charge < -0.3 is 5.73 Å². The van der Waals surface area contributed by atoms with Crippen molar-refractivity contribution in [1.82, 2.24) is 4.72 Å². The lowest BCUT2D eigenvalue weighted by Crippen LogP contribution is -2.25. The Bertz CT molecular complexity index is 501. The second-order valence-electron chi connectivity index (χ2n) is 4.62. The maximum atomic E-state index is 12.0. The van der Waals surface area contributed by atoms with Crippen molar-refractivity contribution in [2.24, 2.45) is 5.92 Å². The summed E-state index contributed by atoms with van der Waals surface area (Å²) in [6.07, 6.45) is 1.78. The van der Waals surface area contributed by atoms with Gasteiger partial charge in [-0.3, -0.25) is 0 Å². The number of halogens is 1. The molecule has 0 aromatic heterocycles. The minimum absolute atomic E-state index is 0.0412. The van der Waals surface area contributed by atoms with Gasteiger partial charge in [0, 0.05) is 11.6 Å². The van der Waals surface area contributed by atoms with Gasteiger partial charge in [-0.05, 0) is 37.0 Å². The van der Waals surface area contributed by atoms with Gasteiger partial charge in [-0.15, -0.1) is 0 Å². The van der Waals surface area contributed by atoms with E-state index in [9.17, 15) is 8.42 Å². The van der Waals surface area contributed by atoms with Gasteiger partial charge in [-0.2, -0.15) is 0 Å². The molecule has 0 amide bonds. The van der Waals surface area contributed by atoms with Crippen LogP contribution in [0.15, 0.2) is 23.1 Å². The van der Waals surface area contributed by atoms with Crippen LogP contribution in [0.25, 0.3) is 0 Å². The van der Waals surface area contributed by atoms with Gasteiger partial charge in [0.2, 0.25) is 10.0 Å². The third-order valence-corrected chi connectivity index (χ3v) is 4.27. The minimum Gasteiger partial charge on any atom is -0.398 e. The van der Waals surface area contributed by atoms with Crippen LogP contribution in [-0.4, -0.2) is 15.0 Å². The van der Waals surface area contributed by atoms with Crippen LogP contribution in [0, 0.1) is 5.92 Å². The summed E-state index contributed by atoms with van der Waals surface area (Å²) in [6.45, 7) is 4.61. The molecule has 0 aliphatic rings. The second kappa shape index (κ2) is 6.41. The van der Waals surface area contributed by atoms with Gasteiger partial charge in [0.1, 0.15) is 4.90 Å². The standard InChI is InChI=1S/C12H19ClN2O2S/c1-9(2)4-3-7-15-18(16,17)12-8-10(13)5-6-11(12)14/h5-6,8-9,15H,3-4,7,14H2,1-2H3. The smallest absolute Gasteiger partial charge is 0.242 e. The Morgan fingerprint density at radius 3 is 2.67 bits per heavy atom. The van der Waals surface area contributed by atoms with Crippen LogP contribution < -0.4 is 10.5 Å². The monoisotopic (exact) mass is 290 g/mol. The van der Waals surface area contributed by atoms with Crippen LogP contribution in [0.5, 0.6) is 0 Å². The fourth-order valence-corrected chi connectivity index (χ4v) is 3.00. The van der Waals surface area contributed by atoms with Crippen LogP contribution in [0.2, 0.25) is 5.02 Å². The molecule has 0 bridgehead atoms. The molecule has 0 spiro atoms. The number of rotatable bonds is 6. The molecule has 0 radical (unpaired) electrons. The fourth-order valence-electron chi connectivity index (χ4n) is 1.54. The highest BCUT2D eigenvalue weighted by atomic mass is 35.5. The Kier molecular flexibility index (Phi) is 5.44. The van der Waals surface area contributed by atoms with E-state index in [4.69, 9.17) is 17.3 Å².